The maximum absolute atomic E-state index is 13.3. The highest BCUT2D eigenvalue weighted by Crippen LogP contribution is 2.51. The molecule has 178 valence electrons. The number of carbonyl (C=O) groups excluding carboxylic acids is 2. The average Bonchev–Trinajstić information content (AvgIpc) is 3.36. The summed E-state index contributed by atoms with van der Waals surface area (Å²) in [6.45, 7) is 1.36. The quantitative estimate of drug-likeness (QED) is 0.602. The fourth-order valence-electron chi connectivity index (χ4n) is 3.80. The summed E-state index contributed by atoms with van der Waals surface area (Å²) in [7, 11) is -3.98. The predicted molar refractivity (Wildman–Crippen MR) is 123 cm³/mol. The molecule has 6 nitrogen and oxygen atoms in total. The number of ketones is 1. The van der Waals surface area contributed by atoms with E-state index in [1.165, 1.54) is 30.0 Å². The molecule has 1 unspecified atom stereocenters. The molecule has 1 aliphatic heterocycles. The Hall–Kier alpha value is -2.07. The second kappa shape index (κ2) is 8.94. The molecule has 0 aromatic heterocycles. The van der Waals surface area contributed by atoms with E-state index in [1.807, 2.05) is 0 Å². The van der Waals surface area contributed by atoms with E-state index in [4.69, 9.17) is 17.3 Å². The molecule has 33 heavy (non-hydrogen) atoms. The van der Waals surface area contributed by atoms with Gasteiger partial charge < -0.3 is 10.6 Å². The number of alkyl halides is 2. The molecule has 0 radical (unpaired) electrons. The van der Waals surface area contributed by atoms with Crippen LogP contribution in [0.15, 0.2) is 47.4 Å². The number of benzene rings is 2. The Balaban J connectivity index is 0.00000306. The van der Waals surface area contributed by atoms with E-state index in [0.717, 1.165) is 0 Å². The number of nitrogens with two attached hydrogens (primary N) is 1. The van der Waals surface area contributed by atoms with Gasteiger partial charge in [-0.2, -0.15) is 0 Å². The smallest absolute Gasteiger partial charge is 0.252 e. The van der Waals surface area contributed by atoms with Gasteiger partial charge in [0.05, 0.1) is 22.4 Å². The van der Waals surface area contributed by atoms with E-state index >= 15 is 0 Å². The zero-order chi connectivity index (χ0) is 23.4. The molecule has 1 fully saturated rings. The van der Waals surface area contributed by atoms with Gasteiger partial charge in [0.15, 0.2) is 15.6 Å². The molecular formula is C22H22Cl2F2N2O4S. The summed E-state index contributed by atoms with van der Waals surface area (Å²) in [5.41, 5.74) is 6.75. The highest BCUT2D eigenvalue weighted by atomic mass is 35.5. The van der Waals surface area contributed by atoms with Crippen LogP contribution in [0.25, 0.3) is 0 Å². The van der Waals surface area contributed by atoms with Gasteiger partial charge in [-0.3, -0.25) is 9.59 Å². The van der Waals surface area contributed by atoms with E-state index in [1.54, 1.807) is 24.3 Å². The van der Waals surface area contributed by atoms with E-state index in [2.05, 4.69) is 0 Å². The first kappa shape index (κ1) is 25.6. The molecule has 4 rings (SSSR count). The number of hydrogen-bond donors (Lipinski definition) is 1. The largest absolute Gasteiger partial charge is 0.319 e. The summed E-state index contributed by atoms with van der Waals surface area (Å²) in [6.07, 6.45) is -0.689. The Morgan fingerprint density at radius 2 is 1.82 bits per heavy atom. The minimum atomic E-state index is -3.98. The van der Waals surface area contributed by atoms with Gasteiger partial charge in [0.2, 0.25) is 5.91 Å². The SMILES string of the molecule is C[C@@H]1[C@H](N)C(=O)N(Cc2ccc(Cl)cc2)c2cc(C(=O)CC3CC3(F)F)ccc2S1(=O)=O.Cl. The maximum Gasteiger partial charge on any atom is 0.252 e. The van der Waals surface area contributed by atoms with E-state index < -0.39 is 44.7 Å². The molecule has 2 N–H and O–H groups in total. The third kappa shape index (κ3) is 4.77. The second-order valence-electron chi connectivity index (χ2n) is 8.30. The van der Waals surface area contributed by atoms with Crippen molar-refractivity contribution in [3.63, 3.8) is 0 Å². The van der Waals surface area contributed by atoms with Gasteiger partial charge in [0, 0.05) is 29.3 Å². The molecule has 1 amide bonds. The molecule has 1 heterocycles. The maximum atomic E-state index is 13.3. The summed E-state index contributed by atoms with van der Waals surface area (Å²) in [6, 6.07) is 9.16. The third-order valence-electron chi connectivity index (χ3n) is 6.07. The Morgan fingerprint density at radius 3 is 2.39 bits per heavy atom. The van der Waals surface area contributed by atoms with Crippen LogP contribution in [0.5, 0.6) is 0 Å². The van der Waals surface area contributed by atoms with Gasteiger partial charge in [0.25, 0.3) is 5.92 Å². The topological polar surface area (TPSA) is 97.5 Å². The summed E-state index contributed by atoms with van der Waals surface area (Å²) >= 11 is 5.92. The molecule has 0 spiro atoms. The molecule has 1 aliphatic carbocycles. The van der Waals surface area contributed by atoms with Crippen LogP contribution in [0.2, 0.25) is 5.02 Å². The Morgan fingerprint density at radius 1 is 1.21 bits per heavy atom. The Labute approximate surface area is 201 Å². The minimum absolute atomic E-state index is 0. The van der Waals surface area contributed by atoms with Crippen molar-refractivity contribution >= 4 is 51.2 Å². The van der Waals surface area contributed by atoms with E-state index in [-0.39, 0.29) is 47.9 Å². The lowest BCUT2D eigenvalue weighted by Gasteiger charge is -2.25. The lowest BCUT2D eigenvalue weighted by atomic mass is 10.0. The fourth-order valence-corrected chi connectivity index (χ4v) is 5.55. The predicted octanol–water partition coefficient (Wildman–Crippen LogP) is 4.03. The lowest BCUT2D eigenvalue weighted by molar-refractivity contribution is -0.119. The molecule has 0 bridgehead atoms. The van der Waals surface area contributed by atoms with Crippen LogP contribution < -0.4 is 10.6 Å². The van der Waals surface area contributed by atoms with Crippen LogP contribution in [-0.2, 0) is 21.2 Å². The van der Waals surface area contributed by atoms with Crippen molar-refractivity contribution in [2.45, 2.75) is 48.4 Å². The van der Waals surface area contributed by atoms with Crippen LogP contribution in [0, 0.1) is 5.92 Å². The van der Waals surface area contributed by atoms with Crippen molar-refractivity contribution in [3.8, 4) is 0 Å². The summed E-state index contributed by atoms with van der Waals surface area (Å²) < 4.78 is 52.8. The lowest BCUT2D eigenvalue weighted by Crippen LogP contribution is -2.49. The van der Waals surface area contributed by atoms with Crippen LogP contribution in [0.1, 0.15) is 35.7 Å². The number of rotatable bonds is 5. The molecule has 3 atom stereocenters. The standard InChI is InChI=1S/C22H21ClF2N2O4S.ClH/c1-12-20(26)21(29)27(11-13-2-5-16(23)6-3-13)17-8-14(4-7-19(17)32(12,30)31)18(28)9-15-10-22(15,24)25;/h2-8,12,15,20H,9-11,26H2,1H3;1H/t12-,15?,20+;/m1./s1. The molecule has 2 aromatic carbocycles. The highest BCUT2D eigenvalue weighted by Gasteiger charge is 2.57. The van der Waals surface area contributed by atoms with Gasteiger partial charge in [-0.1, -0.05) is 23.7 Å². The molecular weight excluding hydrogens is 497 g/mol. The zero-order valence-corrected chi connectivity index (χ0v) is 19.9. The van der Waals surface area contributed by atoms with Gasteiger partial charge in [-0.15, -0.1) is 12.4 Å². The van der Waals surface area contributed by atoms with Gasteiger partial charge in [-0.25, -0.2) is 17.2 Å². The molecule has 11 heteroatoms. The number of fused-ring (bicyclic) bond motifs is 1. The Kier molecular flexibility index (Phi) is 6.92. The van der Waals surface area contributed by atoms with Crippen molar-refractivity contribution in [1.82, 2.24) is 0 Å². The number of halogens is 4. The number of carbonyl (C=O) groups is 2. The number of Topliss-reactive ketones (excluding diaryl/α,β-unsaturated/α-hetero) is 1. The Bertz CT molecular complexity index is 1210. The zero-order valence-electron chi connectivity index (χ0n) is 17.5. The normalized spacial score (nSPS) is 24.9. The number of amides is 1. The second-order valence-corrected chi connectivity index (χ2v) is 11.0. The van der Waals surface area contributed by atoms with Crippen LogP contribution >= 0.6 is 24.0 Å². The van der Waals surface area contributed by atoms with Crippen LogP contribution in [0.3, 0.4) is 0 Å². The van der Waals surface area contributed by atoms with Gasteiger partial charge in [-0.05, 0) is 42.8 Å². The monoisotopic (exact) mass is 518 g/mol. The van der Waals surface area contributed by atoms with Crippen LogP contribution in [-0.4, -0.2) is 37.3 Å². The first-order chi connectivity index (χ1) is 14.9. The van der Waals surface area contributed by atoms with Gasteiger partial charge >= 0.3 is 0 Å². The summed E-state index contributed by atoms with van der Waals surface area (Å²) in [4.78, 5) is 26.9. The van der Waals surface area contributed by atoms with Crippen molar-refractivity contribution in [3.05, 3.63) is 58.6 Å². The van der Waals surface area contributed by atoms with Crippen molar-refractivity contribution in [2.75, 3.05) is 4.90 Å². The number of sulfone groups is 1. The third-order valence-corrected chi connectivity index (χ3v) is 8.55. The average molecular weight is 519 g/mol. The summed E-state index contributed by atoms with van der Waals surface area (Å²) in [5, 5.41) is -0.690. The number of nitrogens with zero attached hydrogens (tertiary/aromatic N) is 1. The molecule has 2 aromatic rings. The number of hydrogen-bond acceptors (Lipinski definition) is 5. The van der Waals surface area contributed by atoms with Gasteiger partial charge in [0.1, 0.15) is 6.04 Å². The molecule has 0 saturated heterocycles. The van der Waals surface area contributed by atoms with E-state index in [9.17, 15) is 26.8 Å². The molecule has 1 saturated carbocycles. The fraction of sp³-hybridized carbons (Fsp3) is 0.364. The number of anilines is 1. The first-order valence-electron chi connectivity index (χ1n) is 10.0. The van der Waals surface area contributed by atoms with Crippen molar-refractivity contribution < 1.29 is 26.8 Å². The highest BCUT2D eigenvalue weighted by molar-refractivity contribution is 7.92. The van der Waals surface area contributed by atoms with E-state index in [0.29, 0.717) is 10.6 Å². The summed E-state index contributed by atoms with van der Waals surface area (Å²) in [5.74, 6) is -5.01. The van der Waals surface area contributed by atoms with Crippen molar-refractivity contribution in [2.24, 2.45) is 11.7 Å². The first-order valence-corrected chi connectivity index (χ1v) is 11.9. The molecule has 2 aliphatic rings. The van der Waals surface area contributed by atoms with Crippen molar-refractivity contribution in [1.29, 1.82) is 0 Å². The van der Waals surface area contributed by atoms with Crippen LogP contribution in [0.4, 0.5) is 14.5 Å². The minimum Gasteiger partial charge on any atom is -0.319 e.